The van der Waals surface area contributed by atoms with E-state index in [1.165, 1.54) is 16.7 Å². The van der Waals surface area contributed by atoms with Crippen molar-refractivity contribution in [3.63, 3.8) is 0 Å². The van der Waals surface area contributed by atoms with E-state index < -0.39 is 0 Å². The van der Waals surface area contributed by atoms with E-state index in [1.807, 2.05) is 13.0 Å². The van der Waals surface area contributed by atoms with Crippen molar-refractivity contribution in [3.05, 3.63) is 53.1 Å². The van der Waals surface area contributed by atoms with Gasteiger partial charge in [-0.05, 0) is 60.7 Å². The van der Waals surface area contributed by atoms with Gasteiger partial charge in [-0.25, -0.2) is 0 Å². The molecule has 1 N–H and O–H groups in total. The maximum absolute atomic E-state index is 5.89. The molecule has 0 saturated carbocycles. The number of benzene rings is 2. The van der Waals surface area contributed by atoms with Crippen molar-refractivity contribution in [3.8, 4) is 17.2 Å². The second-order valence-electron chi connectivity index (χ2n) is 6.55. The number of ether oxygens (including phenoxy) is 3. The van der Waals surface area contributed by atoms with Gasteiger partial charge in [0.05, 0.1) is 26.4 Å². The fourth-order valence-corrected chi connectivity index (χ4v) is 3.41. The fraction of sp³-hybridized carbons (Fsp3) is 0.455. The van der Waals surface area contributed by atoms with Gasteiger partial charge in [-0.3, -0.25) is 0 Å². The molecule has 3 rings (SSSR count). The summed E-state index contributed by atoms with van der Waals surface area (Å²) in [5.41, 5.74) is 3.78. The lowest BCUT2D eigenvalue weighted by Crippen LogP contribution is -2.30. The minimum Gasteiger partial charge on any atom is -0.494 e. The maximum Gasteiger partial charge on any atom is 0.161 e. The summed E-state index contributed by atoms with van der Waals surface area (Å²) in [4.78, 5) is 0. The Hall–Kier alpha value is -2.20. The average molecular weight is 355 g/mol. The summed E-state index contributed by atoms with van der Waals surface area (Å²) >= 11 is 0. The number of unbranched alkanes of at least 4 members (excludes halogenated alkanes) is 1. The van der Waals surface area contributed by atoms with E-state index in [2.05, 4.69) is 42.6 Å². The van der Waals surface area contributed by atoms with Crippen molar-refractivity contribution in [1.82, 2.24) is 5.32 Å². The van der Waals surface area contributed by atoms with Crippen molar-refractivity contribution in [2.75, 3.05) is 26.9 Å². The van der Waals surface area contributed by atoms with Crippen LogP contribution in [0, 0.1) is 0 Å². The fourth-order valence-electron chi connectivity index (χ4n) is 3.41. The summed E-state index contributed by atoms with van der Waals surface area (Å²) in [5, 5.41) is 3.64. The molecule has 2 aromatic carbocycles. The largest absolute Gasteiger partial charge is 0.494 e. The standard InChI is InChI=1S/C22H29NO3/c1-4-6-12-26-18-9-7-8-17(13-18)22-19-15-21(25-5-2)20(24-3)14-16(19)10-11-23-22/h7-9,13-15,22-23H,4-6,10-12H2,1-3H3. The van der Waals surface area contributed by atoms with E-state index in [4.69, 9.17) is 14.2 Å². The normalized spacial score (nSPS) is 16.0. The van der Waals surface area contributed by atoms with Gasteiger partial charge < -0.3 is 19.5 Å². The van der Waals surface area contributed by atoms with Crippen LogP contribution in [0.5, 0.6) is 17.2 Å². The molecule has 1 unspecified atom stereocenters. The molecule has 0 saturated heterocycles. The Labute approximate surface area is 156 Å². The van der Waals surface area contributed by atoms with Gasteiger partial charge in [0.2, 0.25) is 0 Å². The van der Waals surface area contributed by atoms with Crippen LogP contribution >= 0.6 is 0 Å². The van der Waals surface area contributed by atoms with Gasteiger partial charge in [0.25, 0.3) is 0 Å². The number of nitrogens with one attached hydrogen (secondary N) is 1. The van der Waals surface area contributed by atoms with Gasteiger partial charge in [0, 0.05) is 6.54 Å². The van der Waals surface area contributed by atoms with Crippen molar-refractivity contribution in [2.45, 2.75) is 39.2 Å². The van der Waals surface area contributed by atoms with E-state index in [0.717, 1.165) is 49.7 Å². The highest BCUT2D eigenvalue weighted by Crippen LogP contribution is 2.38. The zero-order chi connectivity index (χ0) is 18.4. The summed E-state index contributed by atoms with van der Waals surface area (Å²) in [5.74, 6) is 2.55. The monoisotopic (exact) mass is 355 g/mol. The lowest BCUT2D eigenvalue weighted by molar-refractivity contribution is 0.308. The van der Waals surface area contributed by atoms with Gasteiger partial charge >= 0.3 is 0 Å². The Kier molecular flexibility index (Phi) is 6.40. The van der Waals surface area contributed by atoms with Crippen LogP contribution in [0.1, 0.15) is 49.4 Å². The highest BCUT2D eigenvalue weighted by Gasteiger charge is 2.24. The molecule has 0 fully saturated rings. The van der Waals surface area contributed by atoms with E-state index in [0.29, 0.717) is 6.61 Å². The minimum atomic E-state index is 0.138. The van der Waals surface area contributed by atoms with Gasteiger partial charge in [-0.15, -0.1) is 0 Å². The number of rotatable bonds is 8. The van der Waals surface area contributed by atoms with Crippen LogP contribution in [0.4, 0.5) is 0 Å². The van der Waals surface area contributed by atoms with E-state index in [9.17, 15) is 0 Å². The molecule has 0 aromatic heterocycles. The van der Waals surface area contributed by atoms with Crippen molar-refractivity contribution in [1.29, 1.82) is 0 Å². The van der Waals surface area contributed by atoms with Crippen LogP contribution < -0.4 is 19.5 Å². The first-order valence-electron chi connectivity index (χ1n) is 9.56. The molecule has 0 radical (unpaired) electrons. The van der Waals surface area contributed by atoms with Gasteiger partial charge in [-0.1, -0.05) is 25.5 Å². The summed E-state index contributed by atoms with van der Waals surface area (Å²) in [6.45, 7) is 6.49. The predicted octanol–water partition coefficient (Wildman–Crippen LogP) is 4.51. The summed E-state index contributed by atoms with van der Waals surface area (Å²) in [7, 11) is 1.69. The molecule has 0 amide bonds. The Bertz CT molecular complexity index is 729. The van der Waals surface area contributed by atoms with Gasteiger partial charge in [0.15, 0.2) is 11.5 Å². The lowest BCUT2D eigenvalue weighted by Gasteiger charge is -2.29. The van der Waals surface area contributed by atoms with E-state index in [-0.39, 0.29) is 6.04 Å². The zero-order valence-corrected chi connectivity index (χ0v) is 16.0. The van der Waals surface area contributed by atoms with Crippen molar-refractivity contribution < 1.29 is 14.2 Å². The Morgan fingerprint density at radius 3 is 2.73 bits per heavy atom. The quantitative estimate of drug-likeness (QED) is 0.707. The molecule has 2 aromatic rings. The third-order valence-corrected chi connectivity index (χ3v) is 4.74. The molecular formula is C22H29NO3. The highest BCUT2D eigenvalue weighted by atomic mass is 16.5. The minimum absolute atomic E-state index is 0.138. The SMILES string of the molecule is CCCCOc1cccc(C2NCCc3cc(OC)c(OCC)cc32)c1. The van der Waals surface area contributed by atoms with E-state index in [1.54, 1.807) is 7.11 Å². The first-order chi connectivity index (χ1) is 12.8. The summed E-state index contributed by atoms with van der Waals surface area (Å²) in [6.07, 6.45) is 3.20. The molecule has 0 aliphatic carbocycles. The molecule has 1 atom stereocenters. The Balaban J connectivity index is 1.91. The third-order valence-electron chi connectivity index (χ3n) is 4.74. The second-order valence-corrected chi connectivity index (χ2v) is 6.55. The predicted molar refractivity (Wildman–Crippen MR) is 105 cm³/mol. The van der Waals surface area contributed by atoms with Crippen LogP contribution in [0.25, 0.3) is 0 Å². The molecule has 1 aliphatic heterocycles. The smallest absolute Gasteiger partial charge is 0.161 e. The van der Waals surface area contributed by atoms with Crippen molar-refractivity contribution in [2.24, 2.45) is 0 Å². The maximum atomic E-state index is 5.89. The van der Waals surface area contributed by atoms with Crippen molar-refractivity contribution >= 4 is 0 Å². The molecule has 4 heteroatoms. The molecular weight excluding hydrogens is 326 g/mol. The number of fused-ring (bicyclic) bond motifs is 1. The highest BCUT2D eigenvalue weighted by molar-refractivity contribution is 5.52. The van der Waals surface area contributed by atoms with Crippen LogP contribution in [0.15, 0.2) is 36.4 Å². The van der Waals surface area contributed by atoms with E-state index >= 15 is 0 Å². The molecule has 140 valence electrons. The number of hydrogen-bond donors (Lipinski definition) is 1. The Morgan fingerprint density at radius 1 is 1.08 bits per heavy atom. The molecule has 1 heterocycles. The van der Waals surface area contributed by atoms with Gasteiger partial charge in [0.1, 0.15) is 5.75 Å². The molecule has 0 spiro atoms. The first kappa shape index (κ1) is 18.6. The van der Waals surface area contributed by atoms with Crippen LogP contribution in [-0.2, 0) is 6.42 Å². The molecule has 1 aliphatic rings. The third kappa shape index (κ3) is 4.13. The molecule has 26 heavy (non-hydrogen) atoms. The second kappa shape index (κ2) is 8.95. The molecule has 4 nitrogen and oxygen atoms in total. The number of methoxy groups -OCH3 is 1. The van der Waals surface area contributed by atoms with Crippen LogP contribution in [0.3, 0.4) is 0 Å². The first-order valence-corrected chi connectivity index (χ1v) is 9.56. The molecule has 0 bridgehead atoms. The van der Waals surface area contributed by atoms with Crippen LogP contribution in [-0.4, -0.2) is 26.9 Å². The lowest BCUT2D eigenvalue weighted by atomic mass is 9.89. The zero-order valence-electron chi connectivity index (χ0n) is 16.0. The van der Waals surface area contributed by atoms with Gasteiger partial charge in [-0.2, -0.15) is 0 Å². The Morgan fingerprint density at radius 2 is 1.96 bits per heavy atom. The van der Waals surface area contributed by atoms with Crippen LogP contribution in [0.2, 0.25) is 0 Å². The summed E-state index contributed by atoms with van der Waals surface area (Å²) in [6, 6.07) is 12.8. The topological polar surface area (TPSA) is 39.7 Å². The number of hydrogen-bond acceptors (Lipinski definition) is 4. The average Bonchev–Trinajstić information content (AvgIpc) is 2.68. The summed E-state index contributed by atoms with van der Waals surface area (Å²) < 4.78 is 17.2.